The lowest BCUT2D eigenvalue weighted by molar-refractivity contribution is -0.207. The molecule has 1 aliphatic carbocycles. The summed E-state index contributed by atoms with van der Waals surface area (Å²) in [6.45, 7) is 2.43. The van der Waals surface area contributed by atoms with Crippen molar-refractivity contribution in [1.29, 1.82) is 0 Å². The maximum Gasteiger partial charge on any atom is 0.308 e. The Hall–Kier alpha value is -3.80. The topological polar surface area (TPSA) is 108 Å². The monoisotopic (exact) mass is 652 g/mol. The molecule has 3 spiro atoms. The molecule has 48 heavy (non-hydrogen) atoms. The molecule has 1 amide bonds. The number of rotatable bonds is 3. The van der Waals surface area contributed by atoms with Crippen LogP contribution >= 0.6 is 0 Å². The number of amides is 1. The summed E-state index contributed by atoms with van der Waals surface area (Å²) in [5.74, 6) is 1.11. The van der Waals surface area contributed by atoms with Crippen LogP contribution in [0.4, 0.5) is 11.4 Å². The van der Waals surface area contributed by atoms with Crippen LogP contribution in [0.25, 0.3) is 0 Å². The van der Waals surface area contributed by atoms with Gasteiger partial charge < -0.3 is 29.0 Å². The van der Waals surface area contributed by atoms with E-state index in [2.05, 4.69) is 47.0 Å². The number of methoxy groups -OCH3 is 2. The first kappa shape index (κ1) is 28.1. The van der Waals surface area contributed by atoms with Crippen molar-refractivity contribution in [1.82, 2.24) is 9.80 Å². The molecule has 2 aromatic rings. The van der Waals surface area contributed by atoms with Crippen LogP contribution in [0.15, 0.2) is 36.4 Å². The molecule has 7 atom stereocenters. The van der Waals surface area contributed by atoms with Gasteiger partial charge in [0.2, 0.25) is 11.6 Å². The Kier molecular flexibility index (Phi) is 4.76. The Balaban J connectivity index is 1.26. The Morgan fingerprint density at radius 2 is 1.75 bits per heavy atom. The van der Waals surface area contributed by atoms with Gasteiger partial charge in [-0.15, -0.1) is 0 Å². The van der Waals surface area contributed by atoms with Gasteiger partial charge in [-0.1, -0.05) is 24.3 Å². The van der Waals surface area contributed by atoms with E-state index in [0.29, 0.717) is 42.9 Å². The van der Waals surface area contributed by atoms with Gasteiger partial charge >= 0.3 is 5.97 Å². The van der Waals surface area contributed by atoms with E-state index in [9.17, 15) is 14.7 Å². The van der Waals surface area contributed by atoms with Gasteiger partial charge in [-0.3, -0.25) is 24.3 Å². The van der Waals surface area contributed by atoms with E-state index in [1.807, 2.05) is 12.1 Å². The maximum atomic E-state index is 14.0. The minimum absolute atomic E-state index is 0.0545. The molecular formula is C37H40N4O7. The van der Waals surface area contributed by atoms with E-state index in [4.69, 9.17) is 18.9 Å². The predicted octanol–water partition coefficient (Wildman–Crippen LogP) is 3.35. The Bertz CT molecular complexity index is 1950. The molecule has 0 bridgehead atoms. The fraction of sp³-hybridized carbons (Fsp3) is 0.568. The van der Waals surface area contributed by atoms with Crippen molar-refractivity contribution in [3.05, 3.63) is 53.1 Å². The number of likely N-dealkylation sites (N-methyl/N-ethyl adjacent to an activating group) is 2. The van der Waals surface area contributed by atoms with Crippen LogP contribution in [0.5, 0.6) is 17.2 Å². The minimum atomic E-state index is -1.07. The molecule has 8 heterocycles. The van der Waals surface area contributed by atoms with Crippen LogP contribution in [-0.2, 0) is 29.9 Å². The molecule has 11 nitrogen and oxygen atoms in total. The molecule has 2 aromatic carbocycles. The number of para-hydroxylation sites is 1. The van der Waals surface area contributed by atoms with Crippen LogP contribution in [-0.4, -0.2) is 97.9 Å². The van der Waals surface area contributed by atoms with E-state index in [0.717, 1.165) is 61.3 Å². The fourth-order valence-electron chi connectivity index (χ4n) is 13.0. The van der Waals surface area contributed by atoms with Gasteiger partial charge in [-0.05, 0) is 56.0 Å². The van der Waals surface area contributed by atoms with Crippen LogP contribution in [0.3, 0.4) is 0 Å². The highest BCUT2D eigenvalue weighted by Gasteiger charge is 2.91. The van der Waals surface area contributed by atoms with E-state index in [-0.39, 0.29) is 23.7 Å². The molecule has 0 saturated carbocycles. The fourth-order valence-corrected chi connectivity index (χ4v) is 13.0. The number of hydrogen-bond donors (Lipinski definition) is 1. The quantitative estimate of drug-likeness (QED) is 0.302. The van der Waals surface area contributed by atoms with Crippen molar-refractivity contribution < 1.29 is 33.6 Å². The molecule has 0 aromatic heterocycles. The van der Waals surface area contributed by atoms with Crippen LogP contribution in [0.1, 0.15) is 61.6 Å². The molecule has 0 radical (unpaired) electrons. The Morgan fingerprint density at radius 3 is 2.56 bits per heavy atom. The summed E-state index contributed by atoms with van der Waals surface area (Å²) >= 11 is 0. The van der Waals surface area contributed by atoms with E-state index >= 15 is 0 Å². The predicted molar refractivity (Wildman–Crippen MR) is 173 cm³/mol. The largest absolute Gasteiger partial charge is 0.506 e. The third kappa shape index (κ3) is 2.39. The number of nitrogens with zero attached hydrogens (tertiary/aromatic N) is 4. The molecule has 8 aliphatic heterocycles. The number of benzene rings is 2. The van der Waals surface area contributed by atoms with Crippen LogP contribution in [0, 0.1) is 5.41 Å². The zero-order valence-electron chi connectivity index (χ0n) is 27.8. The highest BCUT2D eigenvalue weighted by molar-refractivity contribution is 6.03. The number of phenols is 1. The third-order valence-corrected chi connectivity index (χ3v) is 14.5. The summed E-state index contributed by atoms with van der Waals surface area (Å²) in [5, 5.41) is 11.5. The number of esters is 1. The summed E-state index contributed by atoms with van der Waals surface area (Å²) in [6.07, 6.45) is 9.28. The number of likely N-dealkylation sites (tertiary alicyclic amines) is 1. The molecule has 11 heteroatoms. The number of anilines is 2. The number of piperidine rings is 3. The summed E-state index contributed by atoms with van der Waals surface area (Å²) in [7, 11) is 7.56. The maximum absolute atomic E-state index is 14.0. The normalized spacial score (nSPS) is 42.4. The van der Waals surface area contributed by atoms with E-state index < -0.39 is 33.4 Å². The molecule has 1 N–H and O–H groups in total. The number of aromatic hydroxyl groups is 1. The zero-order chi connectivity index (χ0) is 32.8. The first-order chi connectivity index (χ1) is 23.1. The zero-order valence-corrected chi connectivity index (χ0v) is 27.8. The highest BCUT2D eigenvalue weighted by Crippen LogP contribution is 2.79. The number of carbonyl (C=O) groups is 2. The first-order valence-electron chi connectivity index (χ1n) is 17.4. The van der Waals surface area contributed by atoms with Crippen LogP contribution in [0.2, 0.25) is 0 Å². The Labute approximate surface area is 278 Å². The Morgan fingerprint density at radius 1 is 0.917 bits per heavy atom. The average molecular weight is 653 g/mol. The first-order valence-corrected chi connectivity index (χ1v) is 17.4. The third-order valence-electron chi connectivity index (χ3n) is 14.5. The molecule has 11 rings (SSSR count). The standard InChI is InChI=1S/C37H40N4O7/c1-38-17-14-33(21-7-5-8-24(42)28(21)41-26(43)10-13-35(38)37(33,41)48-35)23-19-22-29(31(46-4)30(23)45-3)39(2)25-9-12-32-11-6-16-40-18-15-34(22,25)36(32,40)47-27(44)20-32/h5,7-9,12,19,25,42H,6,10-11,13-18,20H2,1-4H3/t25-,32-,33-,34-,35-,36+,37-/m1/s1. The van der Waals surface area contributed by atoms with E-state index in [1.54, 1.807) is 25.2 Å². The molecule has 9 aliphatic rings. The number of hydrogen-bond acceptors (Lipinski definition) is 10. The van der Waals surface area contributed by atoms with Crippen molar-refractivity contribution in [3.63, 3.8) is 0 Å². The lowest BCUT2D eigenvalue weighted by Gasteiger charge is -2.59. The van der Waals surface area contributed by atoms with Crippen molar-refractivity contribution in [3.8, 4) is 17.2 Å². The number of phenolic OH excluding ortho intramolecular Hbond substituents is 1. The number of epoxide rings is 1. The summed E-state index contributed by atoms with van der Waals surface area (Å²) in [4.78, 5) is 36.3. The molecule has 0 unspecified atom stereocenters. The van der Waals surface area contributed by atoms with Crippen molar-refractivity contribution in [2.45, 2.75) is 79.0 Å². The van der Waals surface area contributed by atoms with E-state index in [1.165, 1.54) is 0 Å². The minimum Gasteiger partial charge on any atom is -0.506 e. The lowest BCUT2D eigenvalue weighted by atomic mass is 9.53. The lowest BCUT2D eigenvalue weighted by Crippen LogP contribution is -2.71. The number of ether oxygens (including phenoxy) is 4. The number of fused-ring (bicyclic) bond motifs is 4. The van der Waals surface area contributed by atoms with Crippen LogP contribution < -0.4 is 19.3 Å². The summed E-state index contributed by atoms with van der Waals surface area (Å²) in [5.41, 5.74) is -0.130. The SMILES string of the molecule is COc1c([C@@]23CCN(C)[C@@]45CCC(=O)N(c6c(O)cccc62)[C@@]34O5)cc2c(c1OC)N(C)[C@@H]1C=C[C@@]34CCCN5CC[C@@]21[C@]53OC(=O)C4. The molecule has 6 fully saturated rings. The average Bonchev–Trinajstić information content (AvgIpc) is 3.24. The molecule has 250 valence electrons. The second kappa shape index (κ2) is 8.14. The van der Waals surface area contributed by atoms with Crippen molar-refractivity contribution in [2.24, 2.45) is 5.41 Å². The molecular weight excluding hydrogens is 612 g/mol. The highest BCUT2D eigenvalue weighted by atomic mass is 16.7. The second-order valence-corrected chi connectivity index (χ2v) is 15.6. The van der Waals surface area contributed by atoms with Gasteiger partial charge in [0.15, 0.2) is 22.9 Å². The van der Waals surface area contributed by atoms with Gasteiger partial charge in [-0.2, -0.15) is 0 Å². The number of carbonyl (C=O) groups excluding carboxylic acids is 2. The summed E-state index contributed by atoms with van der Waals surface area (Å²) < 4.78 is 26.6. The van der Waals surface area contributed by atoms with Gasteiger partial charge in [0.25, 0.3) is 0 Å². The molecule has 6 saturated heterocycles. The van der Waals surface area contributed by atoms with Crippen molar-refractivity contribution >= 4 is 23.3 Å². The smallest absolute Gasteiger partial charge is 0.308 e. The van der Waals surface area contributed by atoms with Crippen molar-refractivity contribution in [2.75, 3.05) is 57.7 Å². The van der Waals surface area contributed by atoms with Gasteiger partial charge in [-0.25, -0.2) is 0 Å². The van der Waals surface area contributed by atoms with Gasteiger partial charge in [0.1, 0.15) is 5.75 Å². The van der Waals surface area contributed by atoms with Gasteiger partial charge in [0.05, 0.1) is 54.3 Å². The van der Waals surface area contributed by atoms with Gasteiger partial charge in [0, 0.05) is 45.1 Å². The summed E-state index contributed by atoms with van der Waals surface area (Å²) in [6, 6.07) is 7.81. The second-order valence-electron chi connectivity index (χ2n) is 15.6.